The molecule has 0 aromatic heterocycles. The molecule has 3 saturated carbocycles. The third-order valence-electron chi connectivity index (χ3n) is 5.59. The molecule has 3 aliphatic carbocycles. The van der Waals surface area contributed by atoms with Crippen molar-refractivity contribution >= 4 is 0 Å². The van der Waals surface area contributed by atoms with Crippen LogP contribution in [0.25, 0.3) is 0 Å². The van der Waals surface area contributed by atoms with Crippen LogP contribution >= 0.6 is 0 Å². The molecule has 0 saturated heterocycles. The maximum Gasteiger partial charge on any atom is 0.0163 e. The fourth-order valence-corrected chi connectivity index (χ4v) is 4.28. The van der Waals surface area contributed by atoms with Crippen molar-refractivity contribution in [1.29, 1.82) is 0 Å². The lowest BCUT2D eigenvalue weighted by Gasteiger charge is -2.60. The molecule has 1 nitrogen and oxygen atoms in total. The lowest BCUT2D eigenvalue weighted by Crippen LogP contribution is -2.52. The molecule has 0 aliphatic heterocycles. The highest BCUT2D eigenvalue weighted by molar-refractivity contribution is 5.03. The largest absolute Gasteiger partial charge is 0.296 e. The Balaban J connectivity index is 1.82. The van der Waals surface area contributed by atoms with Crippen LogP contribution in [0.4, 0.5) is 0 Å². The van der Waals surface area contributed by atoms with Gasteiger partial charge in [0.2, 0.25) is 0 Å². The Kier molecular flexibility index (Phi) is 4.32. The molecule has 2 bridgehead atoms. The molecule has 3 rings (SSSR count). The van der Waals surface area contributed by atoms with Crippen molar-refractivity contribution in [2.24, 2.45) is 23.2 Å². The summed E-state index contributed by atoms with van der Waals surface area (Å²) in [5.41, 5.74) is 0.630. The smallest absolute Gasteiger partial charge is 0.0163 e. The van der Waals surface area contributed by atoms with Crippen molar-refractivity contribution in [3.63, 3.8) is 0 Å². The van der Waals surface area contributed by atoms with Crippen LogP contribution in [0.15, 0.2) is 25.3 Å². The molecule has 1 heteroatoms. The van der Waals surface area contributed by atoms with E-state index in [1.165, 1.54) is 32.2 Å². The van der Waals surface area contributed by atoms with E-state index < -0.39 is 0 Å². The van der Waals surface area contributed by atoms with Crippen LogP contribution in [0.5, 0.6) is 0 Å². The highest BCUT2D eigenvalue weighted by Crippen LogP contribution is 2.61. The molecule has 102 valence electrons. The summed E-state index contributed by atoms with van der Waals surface area (Å²) in [6.45, 7) is 15.9. The monoisotopic (exact) mass is 247 g/mol. The molecule has 0 unspecified atom stereocenters. The maximum absolute atomic E-state index is 3.85. The molecule has 0 aromatic carbocycles. The van der Waals surface area contributed by atoms with Crippen LogP contribution in [0.2, 0.25) is 0 Å². The molecular weight excluding hydrogens is 218 g/mol. The van der Waals surface area contributed by atoms with Crippen molar-refractivity contribution in [3.05, 3.63) is 25.3 Å². The Morgan fingerprint density at radius 2 is 1.83 bits per heavy atom. The highest BCUT2D eigenvalue weighted by Gasteiger charge is 2.53. The summed E-state index contributed by atoms with van der Waals surface area (Å²) in [7, 11) is 0. The van der Waals surface area contributed by atoms with Crippen LogP contribution in [0, 0.1) is 23.2 Å². The first-order valence-electron chi connectivity index (χ1n) is 7.53. The van der Waals surface area contributed by atoms with Gasteiger partial charge in [0.05, 0.1) is 0 Å². The van der Waals surface area contributed by atoms with Gasteiger partial charge >= 0.3 is 0 Å². The van der Waals surface area contributed by atoms with E-state index in [9.17, 15) is 0 Å². The van der Waals surface area contributed by atoms with Gasteiger partial charge in [-0.25, -0.2) is 0 Å². The Morgan fingerprint density at radius 1 is 1.17 bits per heavy atom. The van der Waals surface area contributed by atoms with Gasteiger partial charge in [-0.3, -0.25) is 4.90 Å². The fraction of sp³-hybridized carbons (Fsp3) is 0.765. The Labute approximate surface area is 113 Å². The summed E-state index contributed by atoms with van der Waals surface area (Å²) in [6.07, 6.45) is 9.82. The third kappa shape index (κ3) is 2.56. The van der Waals surface area contributed by atoms with E-state index in [1.54, 1.807) is 0 Å². The lowest BCUT2D eigenvalue weighted by molar-refractivity contribution is -0.108. The molecule has 0 heterocycles. The van der Waals surface area contributed by atoms with Gasteiger partial charge in [0.25, 0.3) is 0 Å². The second kappa shape index (κ2) is 5.61. The number of hydrogen-bond donors (Lipinski definition) is 0. The minimum atomic E-state index is 0.630. The SMILES string of the molecule is C=CCN(CC=C)CC[C@@H]1CC[C@H]2C[C@@H]1C2(C)C. The minimum absolute atomic E-state index is 0.630. The van der Waals surface area contributed by atoms with Crippen molar-refractivity contribution in [2.45, 2.75) is 39.5 Å². The third-order valence-corrected chi connectivity index (χ3v) is 5.59. The van der Waals surface area contributed by atoms with Gasteiger partial charge in [-0.2, -0.15) is 0 Å². The summed E-state index contributed by atoms with van der Waals surface area (Å²) in [5, 5.41) is 0. The second-order valence-electron chi connectivity index (χ2n) is 6.82. The number of fused-ring (bicyclic) bond motifs is 2. The summed E-state index contributed by atoms with van der Waals surface area (Å²) < 4.78 is 0. The summed E-state index contributed by atoms with van der Waals surface area (Å²) >= 11 is 0. The first-order valence-corrected chi connectivity index (χ1v) is 7.53. The molecule has 3 atom stereocenters. The molecule has 0 N–H and O–H groups in total. The van der Waals surface area contributed by atoms with Gasteiger partial charge in [-0.1, -0.05) is 26.0 Å². The Morgan fingerprint density at radius 3 is 2.33 bits per heavy atom. The van der Waals surface area contributed by atoms with Gasteiger partial charge in [-0.15, -0.1) is 13.2 Å². The number of rotatable bonds is 7. The first kappa shape index (κ1) is 13.9. The summed E-state index contributed by atoms with van der Waals surface area (Å²) in [6, 6.07) is 0. The zero-order valence-electron chi connectivity index (χ0n) is 12.2. The maximum atomic E-state index is 3.85. The van der Waals surface area contributed by atoms with E-state index in [1.807, 2.05) is 12.2 Å². The highest BCUT2D eigenvalue weighted by atomic mass is 15.1. The molecule has 0 amide bonds. The zero-order valence-corrected chi connectivity index (χ0v) is 12.2. The molecule has 0 spiro atoms. The van der Waals surface area contributed by atoms with Crippen molar-refractivity contribution in [1.82, 2.24) is 4.90 Å². The molecule has 0 radical (unpaired) electrons. The van der Waals surface area contributed by atoms with Gasteiger partial charge in [0.15, 0.2) is 0 Å². The normalized spacial score (nSPS) is 32.9. The lowest BCUT2D eigenvalue weighted by atomic mass is 9.45. The predicted molar refractivity (Wildman–Crippen MR) is 79.6 cm³/mol. The van der Waals surface area contributed by atoms with E-state index in [-0.39, 0.29) is 0 Å². The summed E-state index contributed by atoms with van der Waals surface area (Å²) in [4.78, 5) is 2.46. The quantitative estimate of drug-likeness (QED) is 0.612. The molecule has 18 heavy (non-hydrogen) atoms. The fourth-order valence-electron chi connectivity index (χ4n) is 4.28. The van der Waals surface area contributed by atoms with Crippen LogP contribution in [0.1, 0.15) is 39.5 Å². The predicted octanol–water partition coefficient (Wildman–Crippen LogP) is 4.12. The van der Waals surface area contributed by atoms with Crippen molar-refractivity contribution in [3.8, 4) is 0 Å². The minimum Gasteiger partial charge on any atom is -0.296 e. The van der Waals surface area contributed by atoms with E-state index >= 15 is 0 Å². The van der Waals surface area contributed by atoms with Crippen molar-refractivity contribution in [2.75, 3.05) is 19.6 Å². The average Bonchev–Trinajstić information content (AvgIpc) is 2.36. The Hall–Kier alpha value is -0.560. The standard InChI is InChI=1S/C17H29N/c1-5-10-18(11-6-2)12-9-14-7-8-15-13-16(14)17(15,3)4/h5-6,14-16H,1-2,7-13H2,3-4H3/t14-,15-,16-/m0/s1. The average molecular weight is 247 g/mol. The van der Waals surface area contributed by atoms with Gasteiger partial charge in [0.1, 0.15) is 0 Å². The van der Waals surface area contributed by atoms with Crippen LogP contribution < -0.4 is 0 Å². The van der Waals surface area contributed by atoms with Gasteiger partial charge in [0, 0.05) is 13.1 Å². The first-order chi connectivity index (χ1) is 8.59. The van der Waals surface area contributed by atoms with Gasteiger partial charge in [-0.05, 0) is 55.4 Å². The Bertz CT molecular complexity index is 293. The van der Waals surface area contributed by atoms with Crippen molar-refractivity contribution < 1.29 is 0 Å². The number of nitrogens with zero attached hydrogens (tertiary/aromatic N) is 1. The molecule has 3 fully saturated rings. The van der Waals surface area contributed by atoms with Crippen LogP contribution in [-0.2, 0) is 0 Å². The van der Waals surface area contributed by atoms with Crippen LogP contribution in [-0.4, -0.2) is 24.5 Å². The van der Waals surface area contributed by atoms with E-state index in [4.69, 9.17) is 0 Å². The topological polar surface area (TPSA) is 3.24 Å². The zero-order chi connectivity index (χ0) is 13.2. The van der Waals surface area contributed by atoms with E-state index in [0.717, 1.165) is 30.8 Å². The molecule has 3 aliphatic rings. The van der Waals surface area contributed by atoms with Crippen LogP contribution in [0.3, 0.4) is 0 Å². The molecule has 0 aromatic rings. The number of hydrogen-bond acceptors (Lipinski definition) is 1. The van der Waals surface area contributed by atoms with Gasteiger partial charge < -0.3 is 0 Å². The summed E-state index contributed by atoms with van der Waals surface area (Å²) in [5.74, 6) is 2.98. The van der Waals surface area contributed by atoms with E-state index in [2.05, 4.69) is 31.9 Å². The van der Waals surface area contributed by atoms with E-state index in [0.29, 0.717) is 5.41 Å². The molecular formula is C17H29N. The second-order valence-corrected chi connectivity index (χ2v) is 6.82.